The van der Waals surface area contributed by atoms with E-state index in [1.165, 1.54) is 0 Å². The summed E-state index contributed by atoms with van der Waals surface area (Å²) < 4.78 is 10.9. The lowest BCUT2D eigenvalue weighted by molar-refractivity contribution is -0.158. The third-order valence-corrected chi connectivity index (χ3v) is 4.16. The van der Waals surface area contributed by atoms with E-state index >= 15 is 0 Å². The molecule has 0 aliphatic carbocycles. The van der Waals surface area contributed by atoms with Crippen LogP contribution in [0.2, 0.25) is 0 Å². The topological polar surface area (TPSA) is 64.8 Å². The van der Waals surface area contributed by atoms with Gasteiger partial charge in [0, 0.05) is 26.3 Å². The number of nitrogens with two attached hydrogens (primary N) is 1. The first kappa shape index (κ1) is 13.8. The molecule has 2 rings (SSSR count). The molecule has 2 N–H and O–H groups in total. The number of ether oxygens (including phenoxy) is 2. The van der Waals surface area contributed by atoms with E-state index in [-0.39, 0.29) is 18.1 Å². The van der Waals surface area contributed by atoms with Gasteiger partial charge in [-0.1, -0.05) is 0 Å². The Balaban J connectivity index is 2.12. The lowest BCUT2D eigenvalue weighted by atomic mass is 9.78. The Hall–Kier alpha value is -0.650. The van der Waals surface area contributed by atoms with Gasteiger partial charge in [-0.15, -0.1) is 0 Å². The molecule has 0 aromatic carbocycles. The van der Waals surface area contributed by atoms with Crippen molar-refractivity contribution in [2.24, 2.45) is 11.1 Å². The summed E-state index contributed by atoms with van der Waals surface area (Å²) in [5.74, 6) is 0.191. The van der Waals surface area contributed by atoms with Gasteiger partial charge < -0.3 is 20.1 Å². The number of amides is 1. The summed E-state index contributed by atoms with van der Waals surface area (Å²) in [7, 11) is 0. The molecule has 5 heteroatoms. The molecule has 18 heavy (non-hydrogen) atoms. The fraction of sp³-hybridized carbons (Fsp3) is 0.923. The van der Waals surface area contributed by atoms with E-state index in [0.29, 0.717) is 32.9 Å². The Kier molecular flexibility index (Phi) is 4.25. The van der Waals surface area contributed by atoms with Crippen molar-refractivity contribution in [2.45, 2.75) is 38.8 Å². The van der Waals surface area contributed by atoms with Gasteiger partial charge in [0.25, 0.3) is 0 Å². The average molecular weight is 256 g/mol. The van der Waals surface area contributed by atoms with Crippen molar-refractivity contribution in [3.05, 3.63) is 0 Å². The Morgan fingerprint density at radius 3 is 2.67 bits per heavy atom. The van der Waals surface area contributed by atoms with E-state index in [2.05, 4.69) is 0 Å². The fourth-order valence-corrected chi connectivity index (χ4v) is 2.76. The van der Waals surface area contributed by atoms with Crippen molar-refractivity contribution in [1.82, 2.24) is 4.90 Å². The quantitative estimate of drug-likeness (QED) is 0.775. The number of rotatable bonds is 2. The normalized spacial score (nSPS) is 32.3. The highest BCUT2D eigenvalue weighted by molar-refractivity contribution is 5.83. The zero-order valence-corrected chi connectivity index (χ0v) is 11.4. The standard InChI is InChI=1S/C13H24N2O3/c1-10-8-18-11(2)7-15(10)12(16)13(9-14)3-5-17-6-4-13/h10-11H,3-9,14H2,1-2H3. The van der Waals surface area contributed by atoms with E-state index in [9.17, 15) is 4.79 Å². The third kappa shape index (κ3) is 2.53. The smallest absolute Gasteiger partial charge is 0.230 e. The van der Waals surface area contributed by atoms with Crippen molar-refractivity contribution in [3.8, 4) is 0 Å². The lowest BCUT2D eigenvalue weighted by Gasteiger charge is -2.44. The minimum Gasteiger partial charge on any atom is -0.381 e. The zero-order valence-electron chi connectivity index (χ0n) is 11.4. The number of nitrogens with zero attached hydrogens (tertiary/aromatic N) is 1. The molecule has 2 heterocycles. The second kappa shape index (κ2) is 5.55. The molecule has 0 aromatic rings. The molecule has 0 aromatic heterocycles. The van der Waals surface area contributed by atoms with Crippen LogP contribution in [0.4, 0.5) is 0 Å². The zero-order chi connectivity index (χ0) is 13.2. The Morgan fingerprint density at radius 1 is 1.39 bits per heavy atom. The van der Waals surface area contributed by atoms with Crippen molar-refractivity contribution in [3.63, 3.8) is 0 Å². The van der Waals surface area contributed by atoms with Crippen molar-refractivity contribution < 1.29 is 14.3 Å². The van der Waals surface area contributed by atoms with Gasteiger partial charge in [0.1, 0.15) is 0 Å². The average Bonchev–Trinajstić information content (AvgIpc) is 2.41. The van der Waals surface area contributed by atoms with E-state index in [1.807, 2.05) is 18.7 Å². The fourth-order valence-electron chi connectivity index (χ4n) is 2.76. The Labute approximate surface area is 109 Å². The molecule has 2 atom stereocenters. The van der Waals surface area contributed by atoms with Gasteiger partial charge in [0.05, 0.1) is 24.2 Å². The molecule has 2 unspecified atom stereocenters. The predicted octanol–water partition coefficient (Wildman–Crippen LogP) is 0.378. The van der Waals surface area contributed by atoms with Gasteiger partial charge in [0.2, 0.25) is 5.91 Å². The van der Waals surface area contributed by atoms with Crippen LogP contribution in [-0.4, -0.2) is 55.9 Å². The molecule has 2 aliphatic heterocycles. The maximum atomic E-state index is 12.8. The number of hydrogen-bond donors (Lipinski definition) is 1. The monoisotopic (exact) mass is 256 g/mol. The summed E-state index contributed by atoms with van der Waals surface area (Å²) in [5, 5.41) is 0. The van der Waals surface area contributed by atoms with Crippen molar-refractivity contribution in [2.75, 3.05) is 32.9 Å². The number of hydrogen-bond acceptors (Lipinski definition) is 4. The van der Waals surface area contributed by atoms with Gasteiger partial charge in [-0.25, -0.2) is 0 Å². The molecule has 0 bridgehead atoms. The summed E-state index contributed by atoms with van der Waals surface area (Å²) >= 11 is 0. The van der Waals surface area contributed by atoms with Crippen LogP contribution in [0.5, 0.6) is 0 Å². The predicted molar refractivity (Wildman–Crippen MR) is 68.1 cm³/mol. The minimum absolute atomic E-state index is 0.111. The maximum Gasteiger partial charge on any atom is 0.230 e. The number of carbonyl (C=O) groups excluding carboxylic acids is 1. The summed E-state index contributed by atoms with van der Waals surface area (Å²) in [6.45, 7) is 7.01. The van der Waals surface area contributed by atoms with Gasteiger partial charge in [-0.05, 0) is 26.7 Å². The summed E-state index contributed by atoms with van der Waals surface area (Å²) in [6, 6.07) is 0.139. The first-order valence-electron chi connectivity index (χ1n) is 6.79. The first-order chi connectivity index (χ1) is 8.59. The van der Waals surface area contributed by atoms with Crippen LogP contribution in [0.15, 0.2) is 0 Å². The first-order valence-corrected chi connectivity index (χ1v) is 6.79. The highest BCUT2D eigenvalue weighted by atomic mass is 16.5. The number of morpholine rings is 1. The van der Waals surface area contributed by atoms with Crippen molar-refractivity contribution in [1.29, 1.82) is 0 Å². The third-order valence-electron chi connectivity index (χ3n) is 4.16. The molecule has 2 fully saturated rings. The van der Waals surface area contributed by atoms with Crippen LogP contribution >= 0.6 is 0 Å². The van der Waals surface area contributed by atoms with Crippen LogP contribution in [0.1, 0.15) is 26.7 Å². The highest BCUT2D eigenvalue weighted by Crippen LogP contribution is 2.33. The highest BCUT2D eigenvalue weighted by Gasteiger charge is 2.43. The summed E-state index contributed by atoms with van der Waals surface area (Å²) in [5.41, 5.74) is 5.48. The van der Waals surface area contributed by atoms with Crippen molar-refractivity contribution >= 4 is 5.91 Å². The summed E-state index contributed by atoms with van der Waals surface area (Å²) in [4.78, 5) is 14.7. The van der Waals surface area contributed by atoms with Gasteiger partial charge in [0.15, 0.2) is 0 Å². The van der Waals surface area contributed by atoms with Crippen LogP contribution in [0.3, 0.4) is 0 Å². The lowest BCUT2D eigenvalue weighted by Crippen LogP contribution is -2.58. The molecule has 0 spiro atoms. The SMILES string of the molecule is CC1CN(C(=O)C2(CN)CCOCC2)C(C)CO1. The van der Waals surface area contributed by atoms with Gasteiger partial charge in [-0.3, -0.25) is 4.79 Å². The Bertz CT molecular complexity index is 303. The second-order valence-electron chi connectivity index (χ2n) is 5.55. The molecule has 2 aliphatic rings. The number of carbonyl (C=O) groups is 1. The Morgan fingerprint density at radius 2 is 2.06 bits per heavy atom. The molecular formula is C13H24N2O3. The van der Waals surface area contributed by atoms with Gasteiger partial charge in [-0.2, -0.15) is 0 Å². The molecule has 1 amide bonds. The largest absolute Gasteiger partial charge is 0.381 e. The molecule has 104 valence electrons. The van der Waals surface area contributed by atoms with Crippen LogP contribution in [-0.2, 0) is 14.3 Å². The van der Waals surface area contributed by atoms with E-state index in [0.717, 1.165) is 12.8 Å². The molecular weight excluding hydrogens is 232 g/mol. The molecule has 2 saturated heterocycles. The van der Waals surface area contributed by atoms with Gasteiger partial charge >= 0.3 is 0 Å². The maximum absolute atomic E-state index is 12.8. The second-order valence-corrected chi connectivity index (χ2v) is 5.55. The van der Waals surface area contributed by atoms with E-state index in [1.54, 1.807) is 0 Å². The minimum atomic E-state index is -0.413. The molecule has 5 nitrogen and oxygen atoms in total. The summed E-state index contributed by atoms with van der Waals surface area (Å²) in [6.07, 6.45) is 1.58. The van der Waals surface area contributed by atoms with Crippen LogP contribution in [0, 0.1) is 5.41 Å². The van der Waals surface area contributed by atoms with Crippen LogP contribution in [0.25, 0.3) is 0 Å². The molecule has 0 saturated carbocycles. The van der Waals surface area contributed by atoms with E-state index < -0.39 is 5.41 Å². The molecule has 0 radical (unpaired) electrons. The van der Waals surface area contributed by atoms with E-state index in [4.69, 9.17) is 15.2 Å². The van der Waals surface area contributed by atoms with Crippen LogP contribution < -0.4 is 5.73 Å².